The molecule has 0 aliphatic rings. The molecule has 0 saturated carbocycles. The van der Waals surface area contributed by atoms with Crippen LogP contribution in [0.15, 0.2) is 0 Å². The Labute approximate surface area is 111 Å². The highest BCUT2D eigenvalue weighted by molar-refractivity contribution is 8.76. The topological polar surface area (TPSA) is 156 Å². The van der Waals surface area contributed by atoms with Crippen molar-refractivity contribution in [1.29, 1.82) is 0 Å². The number of nitrogens with two attached hydrogens (primary N) is 2. The Balaban J connectivity index is 3.69. The molecule has 0 spiro atoms. The molecule has 0 aromatic rings. The zero-order valence-electron chi connectivity index (χ0n) is 9.37. The molecule has 18 heavy (non-hydrogen) atoms. The summed E-state index contributed by atoms with van der Waals surface area (Å²) in [6.45, 7) is -0.478. The molecule has 0 saturated heterocycles. The van der Waals surface area contributed by atoms with Gasteiger partial charge in [-0.3, -0.25) is 14.4 Å². The van der Waals surface area contributed by atoms with Crippen LogP contribution in [0, 0.1) is 0 Å². The second kappa shape index (κ2) is 9.03. The average molecular weight is 297 g/mol. The van der Waals surface area contributed by atoms with Gasteiger partial charge in [-0.1, -0.05) is 21.6 Å². The normalized spacial score (nSPS) is 13.7. The van der Waals surface area contributed by atoms with Gasteiger partial charge < -0.3 is 27.0 Å². The fourth-order valence-corrected chi connectivity index (χ4v) is 2.92. The summed E-state index contributed by atoms with van der Waals surface area (Å²) < 4.78 is 0. The Hall–Kier alpha value is -0.970. The number of carboxylic acid groups (broad SMARTS) is 2. The minimum Gasteiger partial charge on any atom is -0.480 e. The Morgan fingerprint density at radius 3 is 2.00 bits per heavy atom. The number of hydrogen-bond donors (Lipinski definition) is 5. The van der Waals surface area contributed by atoms with Gasteiger partial charge in [0.2, 0.25) is 5.91 Å². The smallest absolute Gasteiger partial charge is 0.322 e. The standard InChI is InChI=1S/C8H15N3O5S2/c9-4(7(14)11-1-6(12)13)2-17-18-3-5(10)8(15)16/h4-5H,1-3,9-10H2,(H,11,14)(H,12,13)(H,15,16)/t4-,5-/m0/s1. The molecular weight excluding hydrogens is 282 g/mol. The lowest BCUT2D eigenvalue weighted by Gasteiger charge is -2.11. The minimum atomic E-state index is -1.15. The summed E-state index contributed by atoms with van der Waals surface area (Å²) in [7, 11) is 2.40. The van der Waals surface area contributed by atoms with E-state index < -0.39 is 36.5 Å². The van der Waals surface area contributed by atoms with E-state index in [1.54, 1.807) is 0 Å². The molecule has 0 aliphatic carbocycles. The Kier molecular flexibility index (Phi) is 8.54. The van der Waals surface area contributed by atoms with Crippen LogP contribution in [0.3, 0.4) is 0 Å². The van der Waals surface area contributed by atoms with Crippen molar-refractivity contribution in [3.05, 3.63) is 0 Å². The molecule has 1 amide bonds. The molecule has 0 rings (SSSR count). The molecule has 8 nitrogen and oxygen atoms in total. The number of hydrogen-bond acceptors (Lipinski definition) is 7. The van der Waals surface area contributed by atoms with Crippen LogP contribution in [-0.4, -0.2) is 58.2 Å². The van der Waals surface area contributed by atoms with Gasteiger partial charge in [-0.05, 0) is 0 Å². The Bertz CT molecular complexity index is 315. The molecule has 0 unspecified atom stereocenters. The van der Waals surface area contributed by atoms with Crippen molar-refractivity contribution in [3.63, 3.8) is 0 Å². The van der Waals surface area contributed by atoms with Crippen LogP contribution in [0.4, 0.5) is 0 Å². The number of carbonyl (C=O) groups is 3. The predicted octanol–water partition coefficient (Wildman–Crippen LogP) is -1.69. The molecule has 2 atom stereocenters. The maximum atomic E-state index is 11.2. The summed E-state index contributed by atoms with van der Waals surface area (Å²) in [5.74, 6) is -2.36. The first-order valence-corrected chi connectivity index (χ1v) is 7.31. The van der Waals surface area contributed by atoms with Crippen LogP contribution in [0.25, 0.3) is 0 Å². The fraction of sp³-hybridized carbons (Fsp3) is 0.625. The van der Waals surface area contributed by atoms with E-state index in [-0.39, 0.29) is 11.5 Å². The van der Waals surface area contributed by atoms with Gasteiger partial charge in [-0.25, -0.2) is 0 Å². The monoisotopic (exact) mass is 297 g/mol. The van der Waals surface area contributed by atoms with E-state index in [0.717, 1.165) is 0 Å². The highest BCUT2D eigenvalue weighted by atomic mass is 33.1. The van der Waals surface area contributed by atoms with Gasteiger partial charge in [0.05, 0.1) is 6.04 Å². The maximum Gasteiger partial charge on any atom is 0.322 e. The van der Waals surface area contributed by atoms with Crippen molar-refractivity contribution >= 4 is 39.4 Å². The molecule has 0 aromatic carbocycles. The van der Waals surface area contributed by atoms with Crippen LogP contribution < -0.4 is 16.8 Å². The molecule has 0 radical (unpaired) electrons. The third-order valence-electron chi connectivity index (χ3n) is 1.65. The predicted molar refractivity (Wildman–Crippen MR) is 69.1 cm³/mol. The first-order valence-electron chi connectivity index (χ1n) is 4.82. The molecule has 0 fully saturated rings. The lowest BCUT2D eigenvalue weighted by atomic mass is 10.3. The van der Waals surface area contributed by atoms with Crippen LogP contribution in [0.1, 0.15) is 0 Å². The van der Waals surface area contributed by atoms with E-state index >= 15 is 0 Å². The van der Waals surface area contributed by atoms with E-state index in [1.165, 1.54) is 21.6 Å². The highest BCUT2D eigenvalue weighted by Gasteiger charge is 2.15. The fourth-order valence-electron chi connectivity index (χ4n) is 0.684. The van der Waals surface area contributed by atoms with Gasteiger partial charge in [-0.15, -0.1) is 0 Å². The molecule has 0 bridgehead atoms. The van der Waals surface area contributed by atoms with Gasteiger partial charge in [0.15, 0.2) is 0 Å². The second-order valence-corrected chi connectivity index (χ2v) is 5.78. The molecule has 0 aliphatic heterocycles. The molecule has 104 valence electrons. The van der Waals surface area contributed by atoms with Crippen molar-refractivity contribution in [1.82, 2.24) is 5.32 Å². The number of carbonyl (C=O) groups excluding carboxylic acids is 1. The van der Waals surface area contributed by atoms with Crippen molar-refractivity contribution < 1.29 is 24.6 Å². The first kappa shape index (κ1) is 17.0. The highest BCUT2D eigenvalue weighted by Crippen LogP contribution is 2.22. The summed E-state index contributed by atoms with van der Waals surface area (Å²) in [6, 6.07) is -1.80. The number of carboxylic acids is 2. The number of nitrogens with one attached hydrogen (secondary N) is 1. The summed E-state index contributed by atoms with van der Waals surface area (Å²) in [6.07, 6.45) is 0. The van der Waals surface area contributed by atoms with E-state index in [9.17, 15) is 14.4 Å². The van der Waals surface area contributed by atoms with Crippen LogP contribution >= 0.6 is 21.6 Å². The van der Waals surface area contributed by atoms with E-state index in [4.69, 9.17) is 21.7 Å². The van der Waals surface area contributed by atoms with Crippen molar-refractivity contribution in [3.8, 4) is 0 Å². The van der Waals surface area contributed by atoms with Crippen LogP contribution in [0.2, 0.25) is 0 Å². The largest absolute Gasteiger partial charge is 0.480 e. The Morgan fingerprint density at radius 1 is 1.06 bits per heavy atom. The number of aliphatic carboxylic acids is 2. The third kappa shape index (κ3) is 8.17. The lowest BCUT2D eigenvalue weighted by Crippen LogP contribution is -2.43. The van der Waals surface area contributed by atoms with Gasteiger partial charge in [-0.2, -0.15) is 0 Å². The van der Waals surface area contributed by atoms with E-state index in [2.05, 4.69) is 5.32 Å². The molecule has 0 aromatic heterocycles. The van der Waals surface area contributed by atoms with Crippen LogP contribution in [0.5, 0.6) is 0 Å². The molecule has 0 heterocycles. The van der Waals surface area contributed by atoms with E-state index in [1.807, 2.05) is 0 Å². The zero-order valence-corrected chi connectivity index (χ0v) is 11.0. The summed E-state index contributed by atoms with van der Waals surface area (Å²) in [4.78, 5) is 31.8. The number of amides is 1. The minimum absolute atomic E-state index is 0.198. The lowest BCUT2D eigenvalue weighted by molar-refractivity contribution is -0.138. The van der Waals surface area contributed by atoms with Gasteiger partial charge in [0, 0.05) is 11.5 Å². The van der Waals surface area contributed by atoms with Crippen molar-refractivity contribution in [2.45, 2.75) is 12.1 Å². The average Bonchev–Trinajstić information content (AvgIpc) is 2.30. The first-order chi connectivity index (χ1) is 8.34. The summed E-state index contributed by atoms with van der Waals surface area (Å²) in [5, 5.41) is 19.0. The molecular formula is C8H15N3O5S2. The number of rotatable bonds is 9. The second-order valence-electron chi connectivity index (χ2n) is 3.23. The summed E-state index contributed by atoms with van der Waals surface area (Å²) in [5.41, 5.74) is 10.8. The quantitative estimate of drug-likeness (QED) is 0.247. The summed E-state index contributed by atoms with van der Waals surface area (Å²) >= 11 is 0. The van der Waals surface area contributed by atoms with Crippen LogP contribution in [-0.2, 0) is 14.4 Å². The molecule has 10 heteroatoms. The van der Waals surface area contributed by atoms with Crippen molar-refractivity contribution in [2.75, 3.05) is 18.1 Å². The SMILES string of the molecule is N[C@@H](CSSC[C@H](N)C(=O)NCC(=O)O)C(=O)O. The molecule has 7 N–H and O–H groups in total. The van der Waals surface area contributed by atoms with Crippen molar-refractivity contribution in [2.24, 2.45) is 11.5 Å². The van der Waals surface area contributed by atoms with Gasteiger partial charge in [0.1, 0.15) is 12.6 Å². The maximum absolute atomic E-state index is 11.2. The van der Waals surface area contributed by atoms with Gasteiger partial charge in [0.25, 0.3) is 0 Å². The zero-order chi connectivity index (χ0) is 14.1. The Morgan fingerprint density at radius 2 is 1.56 bits per heavy atom. The third-order valence-corrected chi connectivity index (χ3v) is 4.12. The van der Waals surface area contributed by atoms with E-state index in [0.29, 0.717) is 0 Å². The van der Waals surface area contributed by atoms with Gasteiger partial charge >= 0.3 is 11.9 Å².